The van der Waals surface area contributed by atoms with E-state index in [2.05, 4.69) is 10.4 Å². The standard InChI is InChI=1S/C14H15N3O3/c1-20-12-6-3-2-5-11(12)14(19)15-9-10-17-13(18)7-4-8-16-17/h2-8H,9-10H2,1H3,(H,15,19). The number of hydrogen-bond acceptors (Lipinski definition) is 4. The van der Waals surface area contributed by atoms with Crippen molar-refractivity contribution in [1.82, 2.24) is 15.1 Å². The Kier molecular flexibility index (Phi) is 4.49. The van der Waals surface area contributed by atoms with Gasteiger partial charge in [-0.2, -0.15) is 5.10 Å². The van der Waals surface area contributed by atoms with Gasteiger partial charge in [0, 0.05) is 18.8 Å². The Labute approximate surface area is 116 Å². The minimum absolute atomic E-state index is 0.195. The number of methoxy groups -OCH3 is 1. The maximum atomic E-state index is 12.0. The molecule has 6 nitrogen and oxygen atoms in total. The van der Waals surface area contributed by atoms with Crippen LogP contribution in [0.15, 0.2) is 47.4 Å². The zero-order valence-corrected chi connectivity index (χ0v) is 11.1. The van der Waals surface area contributed by atoms with Gasteiger partial charge in [-0.25, -0.2) is 4.68 Å². The molecular formula is C14H15N3O3. The van der Waals surface area contributed by atoms with Gasteiger partial charge in [-0.15, -0.1) is 0 Å². The van der Waals surface area contributed by atoms with Gasteiger partial charge in [0.1, 0.15) is 5.75 Å². The van der Waals surface area contributed by atoms with E-state index in [1.807, 2.05) is 0 Å². The molecule has 0 fully saturated rings. The second-order valence-electron chi connectivity index (χ2n) is 4.04. The summed E-state index contributed by atoms with van der Waals surface area (Å²) in [5, 5.41) is 6.64. The van der Waals surface area contributed by atoms with E-state index in [1.54, 1.807) is 30.3 Å². The first-order chi connectivity index (χ1) is 9.72. The maximum absolute atomic E-state index is 12.0. The molecule has 1 amide bonds. The fourth-order valence-electron chi connectivity index (χ4n) is 1.76. The molecular weight excluding hydrogens is 258 g/mol. The Morgan fingerprint density at radius 2 is 2.10 bits per heavy atom. The van der Waals surface area contributed by atoms with Crippen molar-refractivity contribution in [3.05, 3.63) is 58.5 Å². The summed E-state index contributed by atoms with van der Waals surface area (Å²) in [5.41, 5.74) is 0.266. The van der Waals surface area contributed by atoms with Crippen LogP contribution in [-0.2, 0) is 6.54 Å². The van der Waals surface area contributed by atoms with Gasteiger partial charge in [-0.05, 0) is 18.2 Å². The van der Waals surface area contributed by atoms with Crippen LogP contribution in [0.5, 0.6) is 5.75 Å². The fraction of sp³-hybridized carbons (Fsp3) is 0.214. The summed E-state index contributed by atoms with van der Waals surface area (Å²) in [5.74, 6) is 0.270. The van der Waals surface area contributed by atoms with E-state index in [1.165, 1.54) is 24.1 Å². The Balaban J connectivity index is 1.96. The van der Waals surface area contributed by atoms with Gasteiger partial charge >= 0.3 is 0 Å². The van der Waals surface area contributed by atoms with Gasteiger partial charge in [-0.1, -0.05) is 12.1 Å². The molecule has 20 heavy (non-hydrogen) atoms. The van der Waals surface area contributed by atoms with Crippen LogP contribution in [0.25, 0.3) is 0 Å². The number of amides is 1. The van der Waals surface area contributed by atoms with Crippen molar-refractivity contribution in [2.45, 2.75) is 6.54 Å². The molecule has 1 aromatic carbocycles. The van der Waals surface area contributed by atoms with Crippen molar-refractivity contribution >= 4 is 5.91 Å². The average Bonchev–Trinajstić information content (AvgIpc) is 2.49. The topological polar surface area (TPSA) is 73.2 Å². The molecule has 0 spiro atoms. The molecule has 2 aromatic rings. The summed E-state index contributed by atoms with van der Waals surface area (Å²) >= 11 is 0. The number of benzene rings is 1. The van der Waals surface area contributed by atoms with E-state index in [0.717, 1.165) is 0 Å². The quantitative estimate of drug-likeness (QED) is 0.869. The van der Waals surface area contributed by atoms with E-state index >= 15 is 0 Å². The van der Waals surface area contributed by atoms with Crippen molar-refractivity contribution in [2.24, 2.45) is 0 Å². The third kappa shape index (κ3) is 3.23. The van der Waals surface area contributed by atoms with Gasteiger partial charge in [0.25, 0.3) is 11.5 Å². The summed E-state index contributed by atoms with van der Waals surface area (Å²) in [7, 11) is 1.51. The first kappa shape index (κ1) is 13.8. The SMILES string of the molecule is COc1ccccc1C(=O)NCCn1ncccc1=O. The number of carbonyl (C=O) groups is 1. The molecule has 1 heterocycles. The third-order valence-corrected chi connectivity index (χ3v) is 2.75. The predicted molar refractivity (Wildman–Crippen MR) is 73.8 cm³/mol. The molecule has 0 bridgehead atoms. The van der Waals surface area contributed by atoms with Gasteiger partial charge in [0.2, 0.25) is 0 Å². The predicted octanol–water partition coefficient (Wildman–Crippen LogP) is 0.682. The summed E-state index contributed by atoms with van der Waals surface area (Å²) in [6.45, 7) is 0.633. The van der Waals surface area contributed by atoms with E-state index < -0.39 is 0 Å². The van der Waals surface area contributed by atoms with Crippen LogP contribution < -0.4 is 15.6 Å². The lowest BCUT2D eigenvalue weighted by Crippen LogP contribution is -2.31. The van der Waals surface area contributed by atoms with E-state index in [0.29, 0.717) is 24.4 Å². The van der Waals surface area contributed by atoms with Crippen LogP contribution in [0, 0.1) is 0 Å². The molecule has 0 aliphatic carbocycles. The summed E-state index contributed by atoms with van der Waals surface area (Å²) in [4.78, 5) is 23.4. The summed E-state index contributed by atoms with van der Waals surface area (Å²) in [6, 6.07) is 9.96. The smallest absolute Gasteiger partial charge is 0.266 e. The Hall–Kier alpha value is -2.63. The largest absolute Gasteiger partial charge is 0.496 e. The van der Waals surface area contributed by atoms with Gasteiger partial charge in [0.15, 0.2) is 0 Å². The highest BCUT2D eigenvalue weighted by Crippen LogP contribution is 2.16. The number of hydrogen-bond donors (Lipinski definition) is 1. The van der Waals surface area contributed by atoms with Crippen molar-refractivity contribution in [3.63, 3.8) is 0 Å². The average molecular weight is 273 g/mol. The Bertz CT molecular complexity index is 652. The molecule has 0 saturated heterocycles. The highest BCUT2D eigenvalue weighted by Gasteiger charge is 2.10. The van der Waals surface area contributed by atoms with Crippen LogP contribution in [0.3, 0.4) is 0 Å². The lowest BCUT2D eigenvalue weighted by atomic mass is 10.2. The maximum Gasteiger partial charge on any atom is 0.266 e. The third-order valence-electron chi connectivity index (χ3n) is 2.75. The first-order valence-electron chi connectivity index (χ1n) is 6.15. The highest BCUT2D eigenvalue weighted by molar-refractivity contribution is 5.96. The molecule has 1 N–H and O–H groups in total. The molecule has 0 saturated carbocycles. The lowest BCUT2D eigenvalue weighted by Gasteiger charge is -2.09. The lowest BCUT2D eigenvalue weighted by molar-refractivity contribution is 0.0948. The normalized spacial score (nSPS) is 10.1. The van der Waals surface area contributed by atoms with Crippen molar-refractivity contribution < 1.29 is 9.53 Å². The summed E-state index contributed by atoms with van der Waals surface area (Å²) < 4.78 is 6.42. The second-order valence-corrected chi connectivity index (χ2v) is 4.04. The van der Waals surface area contributed by atoms with Crippen LogP contribution in [0.4, 0.5) is 0 Å². The van der Waals surface area contributed by atoms with Gasteiger partial charge in [0.05, 0.1) is 19.2 Å². The van der Waals surface area contributed by atoms with Crippen LogP contribution in [-0.4, -0.2) is 29.3 Å². The van der Waals surface area contributed by atoms with E-state index in [9.17, 15) is 9.59 Å². The van der Waals surface area contributed by atoms with Crippen molar-refractivity contribution in [2.75, 3.05) is 13.7 Å². The molecule has 0 radical (unpaired) electrons. The molecule has 0 aliphatic rings. The van der Waals surface area contributed by atoms with Crippen LogP contribution >= 0.6 is 0 Å². The molecule has 6 heteroatoms. The molecule has 0 atom stereocenters. The first-order valence-corrected chi connectivity index (χ1v) is 6.15. The number of nitrogens with one attached hydrogen (secondary N) is 1. The van der Waals surface area contributed by atoms with Crippen LogP contribution in [0.2, 0.25) is 0 Å². The zero-order chi connectivity index (χ0) is 14.4. The minimum atomic E-state index is -0.244. The van der Waals surface area contributed by atoms with E-state index in [4.69, 9.17) is 4.74 Å². The van der Waals surface area contributed by atoms with Crippen molar-refractivity contribution in [3.8, 4) is 5.75 Å². The molecule has 0 aliphatic heterocycles. The number of para-hydroxylation sites is 1. The number of aromatic nitrogens is 2. The van der Waals surface area contributed by atoms with Gasteiger partial charge < -0.3 is 10.1 Å². The summed E-state index contributed by atoms with van der Waals surface area (Å²) in [6.07, 6.45) is 1.53. The fourth-order valence-corrected chi connectivity index (χ4v) is 1.76. The highest BCUT2D eigenvalue weighted by atomic mass is 16.5. The minimum Gasteiger partial charge on any atom is -0.496 e. The second kappa shape index (κ2) is 6.51. The van der Waals surface area contributed by atoms with Crippen LogP contribution in [0.1, 0.15) is 10.4 Å². The monoisotopic (exact) mass is 273 g/mol. The zero-order valence-electron chi connectivity index (χ0n) is 11.1. The van der Waals surface area contributed by atoms with E-state index in [-0.39, 0.29) is 11.5 Å². The Morgan fingerprint density at radius 1 is 1.30 bits per heavy atom. The molecule has 104 valence electrons. The molecule has 1 aromatic heterocycles. The Morgan fingerprint density at radius 3 is 2.85 bits per heavy atom. The number of rotatable bonds is 5. The molecule has 2 rings (SSSR count). The number of nitrogens with zero attached hydrogens (tertiary/aromatic N) is 2. The van der Waals surface area contributed by atoms with Crippen molar-refractivity contribution in [1.29, 1.82) is 0 Å². The molecule has 0 unspecified atom stereocenters. The number of ether oxygens (including phenoxy) is 1. The van der Waals surface area contributed by atoms with Gasteiger partial charge in [-0.3, -0.25) is 9.59 Å². The number of carbonyl (C=O) groups excluding carboxylic acids is 1.